The van der Waals surface area contributed by atoms with E-state index in [-0.39, 0.29) is 23.6 Å². The number of thiophene rings is 1. The molecule has 31 heavy (non-hydrogen) atoms. The molecule has 2 heterocycles. The summed E-state index contributed by atoms with van der Waals surface area (Å²) in [5.41, 5.74) is 1.32. The fraction of sp³-hybridized carbons (Fsp3) is 0.391. The van der Waals surface area contributed by atoms with Gasteiger partial charge in [-0.2, -0.15) is 9.78 Å². The molecule has 164 valence electrons. The average Bonchev–Trinajstić information content (AvgIpc) is 3.16. The first-order valence-electron chi connectivity index (χ1n) is 10.5. The lowest BCUT2D eigenvalue weighted by Crippen LogP contribution is -2.25. The molecule has 3 aromatic rings. The number of carbonyl (C=O) groups excluding carboxylic acids is 2. The molecule has 0 fully saturated rings. The lowest BCUT2D eigenvalue weighted by molar-refractivity contribution is -0.116. The van der Waals surface area contributed by atoms with Crippen molar-refractivity contribution in [1.82, 2.24) is 9.78 Å². The molecule has 0 saturated heterocycles. The summed E-state index contributed by atoms with van der Waals surface area (Å²) in [6, 6.07) is 7.47. The Labute approximate surface area is 185 Å². The number of fused-ring (bicyclic) bond motifs is 1. The lowest BCUT2D eigenvalue weighted by Gasteiger charge is -2.11. The van der Waals surface area contributed by atoms with Crippen LogP contribution in [0, 0.1) is 0 Å². The van der Waals surface area contributed by atoms with Crippen LogP contribution in [-0.4, -0.2) is 28.3 Å². The second-order valence-corrected chi connectivity index (χ2v) is 8.42. The molecule has 0 atom stereocenters. The highest BCUT2D eigenvalue weighted by Crippen LogP contribution is 2.31. The van der Waals surface area contributed by atoms with Crippen LogP contribution >= 0.6 is 11.3 Å². The molecule has 0 spiro atoms. The second kappa shape index (κ2) is 9.87. The quantitative estimate of drug-likeness (QED) is 0.503. The van der Waals surface area contributed by atoms with Crippen LogP contribution in [0.25, 0.3) is 16.5 Å². The maximum atomic E-state index is 13.4. The van der Waals surface area contributed by atoms with Crippen molar-refractivity contribution in [2.75, 3.05) is 11.9 Å². The molecule has 1 amide bonds. The normalized spacial score (nSPS) is 11.1. The van der Waals surface area contributed by atoms with Crippen molar-refractivity contribution in [2.45, 2.75) is 52.9 Å². The third kappa shape index (κ3) is 4.85. The molecule has 0 unspecified atom stereocenters. The number of anilines is 1. The minimum Gasteiger partial charge on any atom is -0.461 e. The molecule has 0 saturated carbocycles. The highest BCUT2D eigenvalue weighted by molar-refractivity contribution is 7.16. The van der Waals surface area contributed by atoms with Gasteiger partial charge in [0.05, 0.1) is 17.7 Å². The topological polar surface area (TPSA) is 90.3 Å². The van der Waals surface area contributed by atoms with E-state index in [1.54, 1.807) is 24.4 Å². The molecule has 0 aliphatic rings. The Morgan fingerprint density at radius 3 is 2.52 bits per heavy atom. The molecule has 0 radical (unpaired) electrons. The number of rotatable bonds is 8. The number of aromatic nitrogens is 2. The monoisotopic (exact) mass is 441 g/mol. The molecule has 0 bridgehead atoms. The Kier molecular flexibility index (Phi) is 7.22. The minimum atomic E-state index is -0.610. The van der Waals surface area contributed by atoms with Crippen molar-refractivity contribution in [1.29, 1.82) is 0 Å². The fourth-order valence-corrected chi connectivity index (χ4v) is 4.15. The van der Waals surface area contributed by atoms with Gasteiger partial charge in [-0.15, -0.1) is 11.3 Å². The molecule has 1 aromatic carbocycles. The molecule has 2 aromatic heterocycles. The first-order chi connectivity index (χ1) is 14.9. The number of nitrogens with zero attached hydrogens (tertiary/aromatic N) is 2. The molecule has 1 N–H and O–H groups in total. The van der Waals surface area contributed by atoms with Crippen LogP contribution in [0.3, 0.4) is 0 Å². The van der Waals surface area contributed by atoms with Gasteiger partial charge >= 0.3 is 5.97 Å². The van der Waals surface area contributed by atoms with Crippen LogP contribution in [0.1, 0.15) is 68.9 Å². The molecular weight excluding hydrogens is 414 g/mol. The summed E-state index contributed by atoms with van der Waals surface area (Å²) in [7, 11) is 0. The summed E-state index contributed by atoms with van der Waals surface area (Å²) in [5, 5.41) is 9.89. The predicted molar refractivity (Wildman–Crippen MR) is 123 cm³/mol. The third-order valence-corrected chi connectivity index (χ3v) is 5.83. The van der Waals surface area contributed by atoms with Gasteiger partial charge in [-0.3, -0.25) is 9.59 Å². The van der Waals surface area contributed by atoms with Crippen molar-refractivity contribution < 1.29 is 14.3 Å². The number of hydrogen-bond acceptors (Lipinski definition) is 6. The van der Waals surface area contributed by atoms with Gasteiger partial charge < -0.3 is 10.1 Å². The molecule has 7 nitrogen and oxygen atoms in total. The number of hydrogen-bond donors (Lipinski definition) is 1. The molecule has 8 heteroatoms. The van der Waals surface area contributed by atoms with E-state index in [0.717, 1.165) is 18.4 Å². The predicted octanol–water partition coefficient (Wildman–Crippen LogP) is 4.88. The van der Waals surface area contributed by atoms with Crippen molar-refractivity contribution in [3.8, 4) is 5.69 Å². The number of esters is 1. The zero-order valence-corrected chi connectivity index (χ0v) is 19.0. The fourth-order valence-electron chi connectivity index (χ4n) is 3.19. The van der Waals surface area contributed by atoms with E-state index in [1.807, 2.05) is 19.1 Å². The molecule has 0 aliphatic carbocycles. The Bertz CT molecular complexity index is 1150. The number of unbranched alkanes of at least 4 members (excludes halogenated alkanes) is 1. The molecule has 0 aliphatic heterocycles. The number of carbonyl (C=O) groups is 2. The average molecular weight is 442 g/mol. The third-order valence-electron chi connectivity index (χ3n) is 4.94. The second-order valence-electron chi connectivity index (χ2n) is 7.54. The van der Waals surface area contributed by atoms with Gasteiger partial charge in [0, 0.05) is 17.2 Å². The summed E-state index contributed by atoms with van der Waals surface area (Å²) in [6.45, 7) is 8.08. The number of ether oxygens (including phenoxy) is 1. The van der Waals surface area contributed by atoms with E-state index < -0.39 is 11.5 Å². The summed E-state index contributed by atoms with van der Waals surface area (Å²) in [4.78, 5) is 38.2. The van der Waals surface area contributed by atoms with Crippen molar-refractivity contribution in [2.24, 2.45) is 0 Å². The van der Waals surface area contributed by atoms with Gasteiger partial charge in [0.25, 0.3) is 5.56 Å². The van der Waals surface area contributed by atoms with E-state index in [2.05, 4.69) is 24.3 Å². The van der Waals surface area contributed by atoms with Crippen LogP contribution in [0.5, 0.6) is 0 Å². The number of benzene rings is 1. The van der Waals surface area contributed by atoms with Crippen LogP contribution in [0.2, 0.25) is 0 Å². The van der Waals surface area contributed by atoms with Gasteiger partial charge in [0.15, 0.2) is 5.69 Å². The molecular formula is C23H27N3O4S. The summed E-state index contributed by atoms with van der Waals surface area (Å²) >= 11 is 1.21. The van der Waals surface area contributed by atoms with E-state index in [0.29, 0.717) is 28.4 Å². The zero-order chi connectivity index (χ0) is 22.5. The standard InChI is InChI=1S/C23H27N3O4S/c1-5-7-8-18(27)24-21-19-17(13-31-21)20(23(29)30-6-2)25-26(22(19)28)16-11-9-15(10-12-16)14(3)4/h9-14H,5-8H2,1-4H3,(H,24,27). The van der Waals surface area contributed by atoms with E-state index in [1.165, 1.54) is 16.0 Å². The van der Waals surface area contributed by atoms with Gasteiger partial charge in [0.1, 0.15) is 5.00 Å². The zero-order valence-electron chi connectivity index (χ0n) is 18.2. The van der Waals surface area contributed by atoms with Crippen LogP contribution < -0.4 is 10.9 Å². The van der Waals surface area contributed by atoms with Crippen molar-refractivity contribution >= 4 is 39.0 Å². The Morgan fingerprint density at radius 2 is 1.90 bits per heavy atom. The number of amides is 1. The maximum absolute atomic E-state index is 13.4. The minimum absolute atomic E-state index is 0.0506. The Morgan fingerprint density at radius 1 is 1.19 bits per heavy atom. The van der Waals surface area contributed by atoms with Crippen molar-refractivity contribution in [3.05, 3.63) is 51.3 Å². The number of nitrogens with one attached hydrogen (secondary N) is 1. The summed E-state index contributed by atoms with van der Waals surface area (Å²) in [6.07, 6.45) is 2.03. The smallest absolute Gasteiger partial charge is 0.359 e. The van der Waals surface area contributed by atoms with E-state index in [4.69, 9.17) is 4.74 Å². The first-order valence-corrected chi connectivity index (χ1v) is 11.4. The SMILES string of the molecule is CCCCC(=O)Nc1scc2c(C(=O)OCC)nn(-c3ccc(C(C)C)cc3)c(=O)c12. The maximum Gasteiger partial charge on any atom is 0.359 e. The summed E-state index contributed by atoms with van der Waals surface area (Å²) < 4.78 is 6.36. The largest absolute Gasteiger partial charge is 0.461 e. The van der Waals surface area contributed by atoms with Crippen LogP contribution in [0.15, 0.2) is 34.4 Å². The molecule has 3 rings (SSSR count). The summed E-state index contributed by atoms with van der Waals surface area (Å²) in [5.74, 6) is -0.424. The Hall–Kier alpha value is -3.00. The first kappa shape index (κ1) is 22.7. The van der Waals surface area contributed by atoms with Crippen LogP contribution in [0.4, 0.5) is 5.00 Å². The van der Waals surface area contributed by atoms with Gasteiger partial charge in [-0.05, 0) is 37.0 Å². The Balaban J connectivity index is 2.16. The lowest BCUT2D eigenvalue weighted by atomic mass is 10.0. The van der Waals surface area contributed by atoms with Crippen molar-refractivity contribution in [3.63, 3.8) is 0 Å². The van der Waals surface area contributed by atoms with Crippen LogP contribution in [-0.2, 0) is 9.53 Å². The van der Waals surface area contributed by atoms with Gasteiger partial charge in [-0.25, -0.2) is 4.79 Å². The van der Waals surface area contributed by atoms with Gasteiger partial charge in [-0.1, -0.05) is 39.3 Å². The van der Waals surface area contributed by atoms with Gasteiger partial charge in [0.2, 0.25) is 5.91 Å². The van der Waals surface area contributed by atoms with E-state index in [9.17, 15) is 14.4 Å². The van der Waals surface area contributed by atoms with E-state index >= 15 is 0 Å². The highest BCUT2D eigenvalue weighted by atomic mass is 32.1. The highest BCUT2D eigenvalue weighted by Gasteiger charge is 2.23.